The Morgan fingerprint density at radius 3 is 1.96 bits per heavy atom. The van der Waals surface area contributed by atoms with Gasteiger partial charge in [0.1, 0.15) is 12.1 Å². The first kappa shape index (κ1) is 24.6. The molecule has 0 aliphatic carbocycles. The molecule has 0 radical (unpaired) electrons. The summed E-state index contributed by atoms with van der Waals surface area (Å²) in [6, 6.07) is -4.37. The van der Waals surface area contributed by atoms with Gasteiger partial charge in [0.15, 0.2) is 5.96 Å². The number of hydrogen-bond acceptors (Lipinski definition) is 7. The summed E-state index contributed by atoms with van der Waals surface area (Å²) in [4.78, 5) is 57.1. The van der Waals surface area contributed by atoms with Crippen molar-refractivity contribution in [2.75, 3.05) is 6.54 Å². The molecule has 14 heteroatoms. The van der Waals surface area contributed by atoms with Crippen molar-refractivity contribution in [3.63, 3.8) is 0 Å². The van der Waals surface area contributed by atoms with Crippen LogP contribution >= 0.6 is 0 Å². The highest BCUT2D eigenvalue weighted by Gasteiger charge is 2.30. The fourth-order valence-electron chi connectivity index (χ4n) is 2.01. The Morgan fingerprint density at radius 2 is 1.50 bits per heavy atom. The largest absolute Gasteiger partial charge is 0.481 e. The number of rotatable bonds is 13. The smallest absolute Gasteiger partial charge is 0.326 e. The second-order valence-electron chi connectivity index (χ2n) is 5.82. The summed E-state index contributed by atoms with van der Waals surface area (Å²) in [6.07, 6.45) is -1.03. The topological polar surface area (TPSA) is 264 Å². The van der Waals surface area contributed by atoms with Crippen LogP contribution in [-0.4, -0.2) is 70.5 Å². The minimum atomic E-state index is -1.68. The summed E-state index contributed by atoms with van der Waals surface area (Å²) >= 11 is 0. The van der Waals surface area contributed by atoms with Crippen LogP contribution in [-0.2, 0) is 24.0 Å². The predicted octanol–water partition coefficient (Wildman–Crippen LogP) is -4.02. The average molecular weight is 403 g/mol. The van der Waals surface area contributed by atoms with Crippen molar-refractivity contribution in [2.45, 2.75) is 43.8 Å². The van der Waals surface area contributed by atoms with Gasteiger partial charge in [0, 0.05) is 6.54 Å². The molecule has 0 heterocycles. The number of carbonyl (C=O) groups excluding carboxylic acids is 3. The van der Waals surface area contributed by atoms with E-state index < -0.39 is 60.6 Å². The molecule has 0 unspecified atom stereocenters. The lowest BCUT2D eigenvalue weighted by molar-refractivity contribution is -0.144. The Morgan fingerprint density at radius 1 is 0.929 bits per heavy atom. The fraction of sp³-hybridized carbons (Fsp3) is 0.571. The molecule has 0 spiro atoms. The first-order valence-corrected chi connectivity index (χ1v) is 8.11. The Bertz CT molecular complexity index is 625. The van der Waals surface area contributed by atoms with Crippen LogP contribution in [0.15, 0.2) is 0 Å². The molecule has 158 valence electrons. The van der Waals surface area contributed by atoms with Crippen LogP contribution in [0.1, 0.15) is 25.7 Å². The van der Waals surface area contributed by atoms with E-state index in [-0.39, 0.29) is 18.9 Å². The fourth-order valence-corrected chi connectivity index (χ4v) is 2.01. The molecule has 0 saturated heterocycles. The van der Waals surface area contributed by atoms with Gasteiger partial charge in [-0.3, -0.25) is 24.6 Å². The van der Waals surface area contributed by atoms with Crippen molar-refractivity contribution in [2.24, 2.45) is 17.2 Å². The van der Waals surface area contributed by atoms with Crippen LogP contribution in [0.3, 0.4) is 0 Å². The van der Waals surface area contributed by atoms with E-state index in [0.717, 1.165) is 0 Å². The minimum Gasteiger partial charge on any atom is -0.481 e. The maximum atomic E-state index is 12.2. The van der Waals surface area contributed by atoms with Gasteiger partial charge in [0.05, 0.1) is 18.9 Å². The van der Waals surface area contributed by atoms with Crippen molar-refractivity contribution >= 4 is 35.6 Å². The number of carboxylic acids is 2. The van der Waals surface area contributed by atoms with E-state index in [1.165, 1.54) is 0 Å². The zero-order valence-electron chi connectivity index (χ0n) is 14.9. The number of nitrogens with one attached hydrogen (secondary N) is 4. The van der Waals surface area contributed by atoms with Crippen LogP contribution in [0.5, 0.6) is 0 Å². The first-order valence-electron chi connectivity index (χ1n) is 8.11. The maximum absolute atomic E-state index is 12.2. The minimum absolute atomic E-state index is 0.146. The van der Waals surface area contributed by atoms with E-state index in [1.807, 2.05) is 5.32 Å². The van der Waals surface area contributed by atoms with E-state index in [0.29, 0.717) is 6.42 Å². The van der Waals surface area contributed by atoms with Crippen molar-refractivity contribution in [1.29, 1.82) is 5.41 Å². The SMILES string of the molecule is N=C(N)NCCC[C@H](N)C(=O)N[C@@H](CC(=O)O)C(=O)N[C@@H](CC(N)=O)C(=O)O. The Hall–Kier alpha value is -3.42. The highest BCUT2D eigenvalue weighted by molar-refractivity contribution is 5.94. The van der Waals surface area contributed by atoms with Gasteiger partial charge < -0.3 is 43.4 Å². The number of guanidine groups is 1. The summed E-state index contributed by atoms with van der Waals surface area (Å²) in [5.41, 5.74) is 15.7. The lowest BCUT2D eigenvalue weighted by Gasteiger charge is -2.21. The molecule has 0 aliphatic rings. The summed E-state index contributed by atoms with van der Waals surface area (Å²) in [7, 11) is 0. The molecule has 3 atom stereocenters. The molecule has 14 nitrogen and oxygen atoms in total. The van der Waals surface area contributed by atoms with Gasteiger partial charge in [-0.25, -0.2) is 4.79 Å². The highest BCUT2D eigenvalue weighted by Crippen LogP contribution is 2.00. The van der Waals surface area contributed by atoms with Gasteiger partial charge in [0.2, 0.25) is 17.7 Å². The van der Waals surface area contributed by atoms with E-state index >= 15 is 0 Å². The molecule has 12 N–H and O–H groups in total. The molecule has 0 aromatic carbocycles. The normalized spacial score (nSPS) is 13.5. The number of aliphatic carboxylic acids is 2. The van der Waals surface area contributed by atoms with Crippen molar-refractivity contribution in [3.8, 4) is 0 Å². The van der Waals surface area contributed by atoms with Crippen LogP contribution < -0.4 is 33.2 Å². The maximum Gasteiger partial charge on any atom is 0.326 e. The highest BCUT2D eigenvalue weighted by atomic mass is 16.4. The van der Waals surface area contributed by atoms with Crippen LogP contribution in [0.4, 0.5) is 0 Å². The molecule has 0 aromatic rings. The molecule has 0 aromatic heterocycles. The van der Waals surface area contributed by atoms with E-state index in [1.54, 1.807) is 0 Å². The summed E-state index contributed by atoms with van der Waals surface area (Å²) in [5.74, 6) is -6.17. The van der Waals surface area contributed by atoms with Gasteiger partial charge in [-0.05, 0) is 12.8 Å². The Labute approximate surface area is 159 Å². The van der Waals surface area contributed by atoms with Gasteiger partial charge >= 0.3 is 11.9 Å². The van der Waals surface area contributed by atoms with Crippen LogP contribution in [0.2, 0.25) is 0 Å². The molecule has 28 heavy (non-hydrogen) atoms. The number of hydrogen-bond donors (Lipinski definition) is 9. The number of carboxylic acid groups (broad SMARTS) is 2. The second kappa shape index (κ2) is 12.1. The number of primary amides is 1. The third-order valence-electron chi connectivity index (χ3n) is 3.38. The molecular weight excluding hydrogens is 378 g/mol. The second-order valence-corrected chi connectivity index (χ2v) is 5.82. The van der Waals surface area contributed by atoms with Gasteiger partial charge in [-0.2, -0.15) is 0 Å². The molecule has 0 bridgehead atoms. The van der Waals surface area contributed by atoms with Crippen molar-refractivity contribution < 1.29 is 34.2 Å². The van der Waals surface area contributed by atoms with E-state index in [9.17, 15) is 24.0 Å². The van der Waals surface area contributed by atoms with E-state index in [4.69, 9.17) is 32.8 Å². The first-order chi connectivity index (χ1) is 12.9. The molecule has 0 fully saturated rings. The molecular formula is C14H25N7O7. The van der Waals surface area contributed by atoms with Gasteiger partial charge in [-0.1, -0.05) is 0 Å². The van der Waals surface area contributed by atoms with Crippen molar-refractivity contribution in [1.82, 2.24) is 16.0 Å². The zero-order chi connectivity index (χ0) is 21.9. The van der Waals surface area contributed by atoms with E-state index in [2.05, 4.69) is 10.6 Å². The van der Waals surface area contributed by atoms with Crippen LogP contribution in [0, 0.1) is 5.41 Å². The van der Waals surface area contributed by atoms with Gasteiger partial charge in [0.25, 0.3) is 0 Å². The summed E-state index contributed by atoms with van der Waals surface area (Å²) in [5, 5.41) is 31.5. The summed E-state index contributed by atoms with van der Waals surface area (Å²) in [6.45, 7) is 0.281. The number of carbonyl (C=O) groups is 5. The average Bonchev–Trinajstić information content (AvgIpc) is 2.55. The molecule has 3 amide bonds. The number of amides is 3. The lowest BCUT2D eigenvalue weighted by atomic mass is 10.1. The van der Waals surface area contributed by atoms with Gasteiger partial charge in [-0.15, -0.1) is 0 Å². The molecule has 0 saturated carbocycles. The monoisotopic (exact) mass is 403 g/mol. The zero-order valence-corrected chi connectivity index (χ0v) is 14.9. The van der Waals surface area contributed by atoms with Crippen LogP contribution in [0.25, 0.3) is 0 Å². The third-order valence-corrected chi connectivity index (χ3v) is 3.38. The summed E-state index contributed by atoms with van der Waals surface area (Å²) < 4.78 is 0. The standard InChI is InChI=1S/C14H25N7O7/c15-6(2-1-3-19-14(17)18)11(25)20-7(5-10(23)24)12(26)21-8(13(27)28)4-9(16)22/h6-8H,1-5,15H2,(H2,16,22)(H,20,25)(H,21,26)(H,23,24)(H,27,28)(H4,17,18,19)/t6-,7-,8-/m0/s1. The number of nitrogens with two attached hydrogens (primary N) is 3. The van der Waals surface area contributed by atoms with Crippen molar-refractivity contribution in [3.05, 3.63) is 0 Å². The third kappa shape index (κ3) is 10.5. The molecule has 0 rings (SSSR count). The quantitative estimate of drug-likeness (QED) is 0.0816. The molecule has 0 aliphatic heterocycles. The Balaban J connectivity index is 4.90. The predicted molar refractivity (Wildman–Crippen MR) is 94.7 cm³/mol. The lowest BCUT2D eigenvalue weighted by Crippen LogP contribution is -2.55. The Kier molecular flexibility index (Phi) is 10.6.